The van der Waals surface area contributed by atoms with Crippen molar-refractivity contribution in [2.24, 2.45) is 4.99 Å². The van der Waals surface area contributed by atoms with E-state index >= 15 is 0 Å². The van der Waals surface area contributed by atoms with E-state index < -0.39 is 12.5 Å². The summed E-state index contributed by atoms with van der Waals surface area (Å²) in [6.45, 7) is 3.91. The normalized spacial score (nSPS) is 14.9. The van der Waals surface area contributed by atoms with Crippen LogP contribution in [-0.4, -0.2) is 50.2 Å². The number of aromatic nitrogens is 3. The van der Waals surface area contributed by atoms with E-state index in [0.29, 0.717) is 22.4 Å². The molecule has 0 spiro atoms. The maximum Gasteiger partial charge on any atom is 0.573 e. The molecule has 4 aromatic rings. The van der Waals surface area contributed by atoms with Crippen LogP contribution in [0.15, 0.2) is 78.0 Å². The number of thioether (sulfide) groups is 1. The first-order valence-corrected chi connectivity index (χ1v) is 15.5. The Morgan fingerprint density at radius 3 is 2.50 bits per heavy atom. The number of carbonyl (C=O) groups excluding carboxylic acids is 1. The lowest BCUT2D eigenvalue weighted by Gasteiger charge is -2.21. The van der Waals surface area contributed by atoms with Gasteiger partial charge in [-0.2, -0.15) is 4.99 Å². The third kappa shape index (κ3) is 8.02. The average molecular weight is 671 g/mol. The number of carbonyl (C=O) groups is 1. The zero-order valence-corrected chi connectivity index (χ0v) is 26.6. The van der Waals surface area contributed by atoms with Crippen molar-refractivity contribution in [2.45, 2.75) is 39.2 Å². The van der Waals surface area contributed by atoms with E-state index in [-0.39, 0.29) is 22.5 Å². The zero-order valence-electron chi connectivity index (χ0n) is 24.9. The van der Waals surface area contributed by atoms with E-state index in [1.54, 1.807) is 12.0 Å². The van der Waals surface area contributed by atoms with Crippen LogP contribution in [0.25, 0.3) is 17.1 Å². The summed E-state index contributed by atoms with van der Waals surface area (Å²) >= 11 is 6.71. The Bertz CT molecular complexity index is 1730. The van der Waals surface area contributed by atoms with Crippen LogP contribution >= 0.6 is 24.0 Å². The van der Waals surface area contributed by atoms with Gasteiger partial charge in [0.25, 0.3) is 0 Å². The smallest absolute Gasteiger partial charge is 0.497 e. The first kappa shape index (κ1) is 32.9. The number of rotatable bonds is 10. The summed E-state index contributed by atoms with van der Waals surface area (Å²) in [6.07, 6.45) is -2.01. The number of methoxy groups -OCH3 is 1. The van der Waals surface area contributed by atoms with Gasteiger partial charge in [-0.15, -0.1) is 18.3 Å². The number of nitrogens with zero attached hydrogens (tertiary/aromatic N) is 5. The predicted octanol–water partition coefficient (Wildman–Crippen LogP) is 6.80. The Morgan fingerprint density at radius 1 is 1.11 bits per heavy atom. The highest BCUT2D eigenvalue weighted by Crippen LogP contribution is 2.33. The molecule has 2 heterocycles. The second kappa shape index (κ2) is 14.3. The molecule has 1 atom stereocenters. The molecule has 46 heavy (non-hydrogen) atoms. The lowest BCUT2D eigenvalue weighted by Crippen LogP contribution is -2.32. The molecule has 15 heteroatoms. The standard InChI is InChI=1S/C31H29F3N6O4S2/c1-4-5-21-10-13-25(42-3)16-26(21)40-27(41)17-46-30(40)36-29(45)38-44-19(2)20-6-8-22(9-7-20)28-35-18-39(37-28)23-11-14-24(15-12-23)43-31(32,33)34/h6-16,18-19H,4-5,17H2,1-3H3,(H,38,45)/b36-30-. The minimum atomic E-state index is -4.76. The highest BCUT2D eigenvalue weighted by atomic mass is 32.2. The van der Waals surface area contributed by atoms with Crippen LogP contribution in [0, 0.1) is 0 Å². The third-order valence-corrected chi connectivity index (χ3v) is 7.90. The van der Waals surface area contributed by atoms with Crippen LogP contribution in [0.1, 0.15) is 37.5 Å². The Balaban J connectivity index is 1.20. The largest absolute Gasteiger partial charge is 0.573 e. The summed E-state index contributed by atoms with van der Waals surface area (Å²) in [5.41, 5.74) is 6.52. The molecule has 5 rings (SSSR count). The van der Waals surface area contributed by atoms with Gasteiger partial charge in [0.2, 0.25) is 11.0 Å². The number of hydroxylamine groups is 1. The van der Waals surface area contributed by atoms with Crippen molar-refractivity contribution in [3.63, 3.8) is 0 Å². The van der Waals surface area contributed by atoms with Gasteiger partial charge < -0.3 is 9.47 Å². The number of aryl methyl sites for hydroxylation is 1. The van der Waals surface area contributed by atoms with Crippen molar-refractivity contribution < 1.29 is 32.3 Å². The molecule has 1 aromatic heterocycles. The van der Waals surface area contributed by atoms with E-state index in [1.807, 2.05) is 49.4 Å². The summed E-state index contributed by atoms with van der Waals surface area (Å²) in [7, 11) is 1.58. The molecule has 1 aliphatic rings. The highest BCUT2D eigenvalue weighted by molar-refractivity contribution is 8.15. The van der Waals surface area contributed by atoms with Crippen molar-refractivity contribution in [3.8, 4) is 28.6 Å². The van der Waals surface area contributed by atoms with E-state index in [9.17, 15) is 18.0 Å². The fraction of sp³-hybridized carbons (Fsp3) is 0.258. The molecule has 0 aliphatic carbocycles. The number of amidine groups is 1. The molecule has 0 saturated carbocycles. The predicted molar refractivity (Wildman–Crippen MR) is 173 cm³/mol. The minimum absolute atomic E-state index is 0.0679. The quantitative estimate of drug-likeness (QED) is 0.144. The second-order valence-corrected chi connectivity index (χ2v) is 11.3. The molecule has 3 aromatic carbocycles. The molecular weight excluding hydrogens is 642 g/mol. The monoisotopic (exact) mass is 670 g/mol. The number of hydrogen-bond donors (Lipinski definition) is 1. The van der Waals surface area contributed by atoms with E-state index in [1.165, 1.54) is 47.0 Å². The van der Waals surface area contributed by atoms with Gasteiger partial charge in [0, 0.05) is 11.6 Å². The minimum Gasteiger partial charge on any atom is -0.497 e. The summed E-state index contributed by atoms with van der Waals surface area (Å²) < 4.78 is 48.0. The molecule has 0 radical (unpaired) electrons. The number of anilines is 1. The number of alkyl halides is 3. The molecule has 1 amide bonds. The van der Waals surface area contributed by atoms with Crippen LogP contribution in [0.4, 0.5) is 18.9 Å². The van der Waals surface area contributed by atoms with Crippen LogP contribution in [0.2, 0.25) is 0 Å². The Labute approximate surface area is 272 Å². The molecule has 1 unspecified atom stereocenters. The van der Waals surface area contributed by atoms with Gasteiger partial charge in [0.05, 0.1) is 24.2 Å². The van der Waals surface area contributed by atoms with Crippen molar-refractivity contribution in [1.29, 1.82) is 0 Å². The van der Waals surface area contributed by atoms with Crippen LogP contribution < -0.4 is 19.9 Å². The Hall–Kier alpha value is -4.47. The Morgan fingerprint density at radius 2 is 1.83 bits per heavy atom. The van der Waals surface area contributed by atoms with Crippen molar-refractivity contribution >= 4 is 45.9 Å². The van der Waals surface area contributed by atoms with Gasteiger partial charge in [-0.3, -0.25) is 14.5 Å². The zero-order chi connectivity index (χ0) is 32.8. The molecule has 1 N–H and O–H groups in total. The van der Waals surface area contributed by atoms with Crippen molar-refractivity contribution in [2.75, 3.05) is 17.8 Å². The summed E-state index contributed by atoms with van der Waals surface area (Å²) in [6, 6.07) is 18.3. The van der Waals surface area contributed by atoms with Crippen molar-refractivity contribution in [1.82, 2.24) is 20.2 Å². The van der Waals surface area contributed by atoms with Gasteiger partial charge in [-0.05, 0) is 67.0 Å². The fourth-order valence-corrected chi connectivity index (χ4v) is 5.64. The van der Waals surface area contributed by atoms with Gasteiger partial charge in [-0.1, -0.05) is 55.4 Å². The SMILES string of the molecule is CCCc1ccc(OC)cc1N1C(=O)CS/C1=N\C(=S)NOC(C)c1ccc(-c2ncn(-c3ccc(OC(F)(F)F)cc3)n2)cc1. The highest BCUT2D eigenvalue weighted by Gasteiger charge is 2.32. The average Bonchev–Trinajstić information content (AvgIpc) is 3.67. The first-order chi connectivity index (χ1) is 22.0. The van der Waals surface area contributed by atoms with Crippen LogP contribution in [0.3, 0.4) is 0 Å². The maximum absolute atomic E-state index is 12.9. The second-order valence-electron chi connectivity index (χ2n) is 10.0. The number of halogens is 3. The topological polar surface area (TPSA) is 103 Å². The number of benzene rings is 3. The first-order valence-electron chi connectivity index (χ1n) is 14.1. The number of ether oxygens (including phenoxy) is 2. The number of thiocarbonyl (C=S) groups is 1. The van der Waals surface area contributed by atoms with Crippen LogP contribution in [-0.2, 0) is 16.1 Å². The number of hydrogen-bond acceptors (Lipinski definition) is 8. The summed E-state index contributed by atoms with van der Waals surface area (Å²) in [5, 5.41) is 4.94. The molecule has 10 nitrogen and oxygen atoms in total. The summed E-state index contributed by atoms with van der Waals surface area (Å²) in [4.78, 5) is 29.0. The fourth-order valence-electron chi connectivity index (χ4n) is 4.58. The lowest BCUT2D eigenvalue weighted by molar-refractivity contribution is -0.274. The van der Waals surface area contributed by atoms with Crippen LogP contribution in [0.5, 0.6) is 11.5 Å². The number of aliphatic imine (C=N–C) groups is 1. The maximum atomic E-state index is 12.9. The number of amides is 1. The molecular formula is C31H29F3N6O4S2. The van der Waals surface area contributed by atoms with Gasteiger partial charge >= 0.3 is 6.36 Å². The van der Waals surface area contributed by atoms with Gasteiger partial charge in [-0.25, -0.2) is 15.1 Å². The van der Waals surface area contributed by atoms with Crippen molar-refractivity contribution in [3.05, 3.63) is 84.2 Å². The third-order valence-electron chi connectivity index (χ3n) is 6.80. The summed E-state index contributed by atoms with van der Waals surface area (Å²) in [5.74, 6) is 0.885. The van der Waals surface area contributed by atoms with E-state index in [0.717, 1.165) is 35.2 Å². The lowest BCUT2D eigenvalue weighted by atomic mass is 10.1. The molecule has 0 bridgehead atoms. The van der Waals surface area contributed by atoms with E-state index in [4.69, 9.17) is 21.8 Å². The molecule has 1 aliphatic heterocycles. The number of nitrogens with one attached hydrogen (secondary N) is 1. The van der Waals surface area contributed by atoms with Gasteiger partial charge in [0.15, 0.2) is 11.0 Å². The Kier molecular flexibility index (Phi) is 10.2. The van der Waals surface area contributed by atoms with E-state index in [2.05, 4.69) is 32.2 Å². The molecule has 1 fully saturated rings. The van der Waals surface area contributed by atoms with Gasteiger partial charge in [0.1, 0.15) is 23.9 Å². The molecule has 1 saturated heterocycles. The molecule has 240 valence electrons.